The molecule has 1 heterocycles. The fourth-order valence-electron chi connectivity index (χ4n) is 0.350. The molecule has 0 aliphatic heterocycles. The zero-order valence-corrected chi connectivity index (χ0v) is 5.63. The molecular weight excluding hydrogens is 140 g/mol. The first-order valence-electron chi connectivity index (χ1n) is 2.07. The van der Waals surface area contributed by atoms with E-state index in [0.29, 0.717) is 0 Å². The first-order chi connectivity index (χ1) is 3.79. The van der Waals surface area contributed by atoms with Gasteiger partial charge in [0.05, 0.1) is 3.82 Å². The molecule has 0 atom stereocenters. The van der Waals surface area contributed by atoms with Crippen molar-refractivity contribution in [2.45, 2.75) is 0 Å². The molecule has 0 saturated carbocycles. The summed E-state index contributed by atoms with van der Waals surface area (Å²) in [7, 11) is 0. The molecule has 0 unspecified atom stereocenters. The summed E-state index contributed by atoms with van der Waals surface area (Å²) in [4.78, 5) is 0. The molecule has 1 N–H and O–H groups in total. The van der Waals surface area contributed by atoms with Crippen LogP contribution < -0.4 is 0 Å². The summed E-state index contributed by atoms with van der Waals surface area (Å²) in [6, 6.07) is 3.29. The summed E-state index contributed by atoms with van der Waals surface area (Å²) < 4.78 is 0.794. The van der Waals surface area contributed by atoms with E-state index < -0.39 is 0 Å². The maximum Gasteiger partial charge on any atom is 0.125 e. The van der Waals surface area contributed by atoms with Crippen molar-refractivity contribution in [2.24, 2.45) is 0 Å². The van der Waals surface area contributed by atoms with Gasteiger partial charge in [-0.2, -0.15) is 0 Å². The normalized spacial score (nSPS) is 9.00. The SMILES string of the molecule is Oc1ccc(=S)sc1. The van der Waals surface area contributed by atoms with Gasteiger partial charge in [-0.05, 0) is 12.1 Å². The summed E-state index contributed by atoms with van der Waals surface area (Å²) in [6.07, 6.45) is 0. The predicted octanol–water partition coefficient (Wildman–Crippen LogP) is 2.18. The highest BCUT2D eigenvalue weighted by Crippen LogP contribution is 2.10. The highest BCUT2D eigenvalue weighted by molar-refractivity contribution is 7.73. The van der Waals surface area contributed by atoms with Crippen molar-refractivity contribution in [2.75, 3.05) is 0 Å². The monoisotopic (exact) mass is 144 g/mol. The van der Waals surface area contributed by atoms with E-state index in [4.69, 9.17) is 17.3 Å². The van der Waals surface area contributed by atoms with Gasteiger partial charge in [0.15, 0.2) is 0 Å². The van der Waals surface area contributed by atoms with Crippen LogP contribution in [0.4, 0.5) is 0 Å². The molecule has 1 rings (SSSR count). The quantitative estimate of drug-likeness (QED) is 0.563. The Morgan fingerprint density at radius 1 is 1.50 bits per heavy atom. The van der Waals surface area contributed by atoms with Crippen molar-refractivity contribution >= 4 is 23.6 Å². The van der Waals surface area contributed by atoms with Gasteiger partial charge in [0, 0.05) is 5.38 Å². The van der Waals surface area contributed by atoms with Gasteiger partial charge in [-0.3, -0.25) is 0 Å². The Bertz CT molecular complexity index is 208. The number of hydrogen-bond donors (Lipinski definition) is 1. The first kappa shape index (κ1) is 5.72. The van der Waals surface area contributed by atoms with E-state index >= 15 is 0 Å². The lowest BCUT2D eigenvalue weighted by atomic mass is 10.5. The second kappa shape index (κ2) is 2.24. The molecule has 0 spiro atoms. The van der Waals surface area contributed by atoms with Gasteiger partial charge in [0.25, 0.3) is 0 Å². The van der Waals surface area contributed by atoms with Gasteiger partial charge in [0.1, 0.15) is 5.75 Å². The summed E-state index contributed by atoms with van der Waals surface area (Å²) >= 11 is 6.14. The summed E-state index contributed by atoms with van der Waals surface area (Å²) in [5, 5.41) is 10.3. The number of rotatable bonds is 0. The largest absolute Gasteiger partial charge is 0.507 e. The zero-order chi connectivity index (χ0) is 5.98. The van der Waals surface area contributed by atoms with Gasteiger partial charge >= 0.3 is 0 Å². The molecule has 42 valence electrons. The van der Waals surface area contributed by atoms with E-state index in [0.717, 1.165) is 3.82 Å². The Morgan fingerprint density at radius 3 is 2.62 bits per heavy atom. The Balaban J connectivity index is 3.22. The third kappa shape index (κ3) is 1.28. The van der Waals surface area contributed by atoms with Crippen molar-refractivity contribution < 1.29 is 5.11 Å². The topological polar surface area (TPSA) is 20.2 Å². The number of aromatic hydroxyl groups is 1. The lowest BCUT2D eigenvalue weighted by molar-refractivity contribution is 0.477. The maximum atomic E-state index is 8.72. The Morgan fingerprint density at radius 2 is 2.25 bits per heavy atom. The first-order valence-corrected chi connectivity index (χ1v) is 3.35. The van der Waals surface area contributed by atoms with Crippen molar-refractivity contribution in [1.82, 2.24) is 0 Å². The smallest absolute Gasteiger partial charge is 0.125 e. The third-order valence-electron chi connectivity index (χ3n) is 0.686. The van der Waals surface area contributed by atoms with Crippen LogP contribution >= 0.6 is 23.6 Å². The molecule has 1 aromatic heterocycles. The molecule has 0 aliphatic rings. The van der Waals surface area contributed by atoms with Gasteiger partial charge in [0.2, 0.25) is 0 Å². The molecule has 0 fully saturated rings. The minimum Gasteiger partial charge on any atom is -0.507 e. The van der Waals surface area contributed by atoms with Gasteiger partial charge < -0.3 is 5.11 Å². The molecule has 0 amide bonds. The van der Waals surface area contributed by atoms with E-state index in [1.807, 2.05) is 0 Å². The second-order valence-corrected chi connectivity index (χ2v) is 2.92. The van der Waals surface area contributed by atoms with Crippen LogP contribution in [0.1, 0.15) is 0 Å². The molecule has 0 aromatic carbocycles. The molecular formula is C5H4OS2. The van der Waals surface area contributed by atoms with Crippen LogP contribution in [0.15, 0.2) is 17.5 Å². The van der Waals surface area contributed by atoms with E-state index in [2.05, 4.69) is 0 Å². The van der Waals surface area contributed by atoms with Crippen molar-refractivity contribution in [1.29, 1.82) is 0 Å². The van der Waals surface area contributed by atoms with Gasteiger partial charge in [-0.15, -0.1) is 11.3 Å². The zero-order valence-electron chi connectivity index (χ0n) is 4.00. The van der Waals surface area contributed by atoms with Crippen molar-refractivity contribution in [3.8, 4) is 5.75 Å². The molecule has 0 aliphatic carbocycles. The van der Waals surface area contributed by atoms with E-state index in [1.165, 1.54) is 11.3 Å². The minimum atomic E-state index is 0.281. The van der Waals surface area contributed by atoms with Crippen LogP contribution in [0.2, 0.25) is 0 Å². The number of hydrogen-bond acceptors (Lipinski definition) is 3. The van der Waals surface area contributed by atoms with E-state index in [-0.39, 0.29) is 5.75 Å². The average Bonchev–Trinajstić information content (AvgIpc) is 1.77. The minimum absolute atomic E-state index is 0.281. The van der Waals surface area contributed by atoms with Crippen LogP contribution in [0.5, 0.6) is 5.75 Å². The van der Waals surface area contributed by atoms with E-state index in [9.17, 15) is 0 Å². The molecule has 1 aromatic rings. The summed E-state index contributed by atoms with van der Waals surface area (Å²) in [5.74, 6) is 0.281. The summed E-state index contributed by atoms with van der Waals surface area (Å²) in [5.41, 5.74) is 0. The van der Waals surface area contributed by atoms with Crippen LogP contribution in [0.3, 0.4) is 0 Å². The summed E-state index contributed by atoms with van der Waals surface area (Å²) in [6.45, 7) is 0. The standard InChI is InChI=1S/C5H4OS2/c6-4-1-2-5(7)8-3-4/h1-3,6H. The highest BCUT2D eigenvalue weighted by Gasteiger charge is 1.80. The maximum absolute atomic E-state index is 8.72. The lowest BCUT2D eigenvalue weighted by Crippen LogP contribution is -1.55. The van der Waals surface area contributed by atoms with Crippen molar-refractivity contribution in [3.05, 3.63) is 21.3 Å². The Labute approximate surface area is 56.2 Å². The fourth-order valence-corrected chi connectivity index (χ4v) is 1.02. The average molecular weight is 144 g/mol. The van der Waals surface area contributed by atoms with Crippen LogP contribution in [-0.2, 0) is 0 Å². The molecule has 0 bridgehead atoms. The van der Waals surface area contributed by atoms with Crippen LogP contribution in [0.25, 0.3) is 0 Å². The molecule has 8 heavy (non-hydrogen) atoms. The lowest BCUT2D eigenvalue weighted by Gasteiger charge is -1.83. The molecule has 1 nitrogen and oxygen atoms in total. The molecule has 3 heteroatoms. The Kier molecular flexibility index (Phi) is 1.60. The van der Waals surface area contributed by atoms with Crippen molar-refractivity contribution in [3.63, 3.8) is 0 Å². The fraction of sp³-hybridized carbons (Fsp3) is 0. The third-order valence-corrected chi connectivity index (χ3v) is 1.84. The molecule has 0 radical (unpaired) electrons. The molecule has 0 saturated heterocycles. The Hall–Kier alpha value is -0.410. The van der Waals surface area contributed by atoms with E-state index in [1.54, 1.807) is 17.5 Å². The van der Waals surface area contributed by atoms with Crippen LogP contribution in [-0.4, -0.2) is 5.11 Å². The second-order valence-electron chi connectivity index (χ2n) is 1.31. The van der Waals surface area contributed by atoms with Crippen LogP contribution in [0, 0.1) is 3.82 Å². The highest BCUT2D eigenvalue weighted by atomic mass is 32.1. The van der Waals surface area contributed by atoms with Gasteiger partial charge in [-0.25, -0.2) is 0 Å². The van der Waals surface area contributed by atoms with Gasteiger partial charge in [-0.1, -0.05) is 12.2 Å². The predicted molar refractivity (Wildman–Crippen MR) is 36.8 cm³/mol.